The van der Waals surface area contributed by atoms with E-state index in [2.05, 4.69) is 112 Å². The fraction of sp³-hybridized carbons (Fsp3) is 0.211. The third-order valence-corrected chi connectivity index (χ3v) is 5.15. The molecule has 0 bridgehead atoms. The number of nitrogens with one attached hydrogen (secondary N) is 1. The van der Waals surface area contributed by atoms with Gasteiger partial charge >= 0.3 is 0 Å². The van der Waals surface area contributed by atoms with E-state index < -0.39 is 0 Å². The van der Waals surface area contributed by atoms with Crippen LogP contribution in [0.4, 0.5) is 5.95 Å². The van der Waals surface area contributed by atoms with Crippen LogP contribution in [-0.4, -0.2) is 20.2 Å². The maximum atomic E-state index is 4.16. The average Bonchev–Trinajstić information content (AvgIpc) is 3.10. The summed E-state index contributed by atoms with van der Waals surface area (Å²) < 4.78 is 3.03. The Morgan fingerprint density at radius 2 is 1.76 bits per heavy atom. The van der Waals surface area contributed by atoms with E-state index in [9.17, 15) is 0 Å². The Balaban J connectivity index is 1.75. The maximum Gasteiger partial charge on any atom is 0.248 e. The Morgan fingerprint density at radius 3 is 2.44 bits per heavy atom. The number of tetrazole rings is 1. The summed E-state index contributed by atoms with van der Waals surface area (Å²) in [6, 6.07) is 17.1. The molecular weight excluding hydrogens is 425 g/mol. The Hall–Kier alpha value is -2.22. The van der Waals surface area contributed by atoms with Crippen molar-refractivity contribution >= 4 is 34.2 Å². The summed E-state index contributed by atoms with van der Waals surface area (Å²) in [5.74, 6) is 1.18. The molecule has 3 aromatic rings. The minimum absolute atomic E-state index is 0.0262. The van der Waals surface area contributed by atoms with Gasteiger partial charge in [0, 0.05) is 9.27 Å². The average molecular weight is 443 g/mol. The van der Waals surface area contributed by atoms with Crippen molar-refractivity contribution in [2.45, 2.75) is 25.8 Å². The smallest absolute Gasteiger partial charge is 0.248 e. The fourth-order valence-corrected chi connectivity index (χ4v) is 3.33. The molecule has 4 rings (SSSR count). The van der Waals surface area contributed by atoms with E-state index in [1.807, 2.05) is 4.68 Å². The number of rotatable bonds is 3. The van der Waals surface area contributed by atoms with Gasteiger partial charge in [-0.25, -0.2) is 0 Å². The minimum atomic E-state index is -0.0262. The molecule has 1 aliphatic heterocycles. The van der Waals surface area contributed by atoms with E-state index in [1.165, 1.54) is 14.7 Å². The Labute approximate surface area is 160 Å². The third kappa shape index (κ3) is 3.18. The highest BCUT2D eigenvalue weighted by molar-refractivity contribution is 14.1. The molecule has 0 aliphatic carbocycles. The summed E-state index contributed by atoms with van der Waals surface area (Å²) in [6.07, 6.45) is 2.18. The summed E-state index contributed by atoms with van der Waals surface area (Å²) in [6.45, 7) is 4.40. The Bertz CT molecular complexity index is 910. The predicted molar refractivity (Wildman–Crippen MR) is 107 cm³/mol. The molecule has 0 saturated carbocycles. The molecule has 0 amide bonds. The lowest BCUT2D eigenvalue weighted by Crippen LogP contribution is -2.20. The van der Waals surface area contributed by atoms with Gasteiger partial charge in [-0.3, -0.25) is 0 Å². The summed E-state index contributed by atoms with van der Waals surface area (Å²) in [7, 11) is 0. The van der Waals surface area contributed by atoms with Gasteiger partial charge in [-0.2, -0.15) is 4.68 Å². The second-order valence-electron chi connectivity index (χ2n) is 6.43. The zero-order chi connectivity index (χ0) is 17.4. The highest BCUT2D eigenvalue weighted by Crippen LogP contribution is 2.32. The van der Waals surface area contributed by atoms with Crippen molar-refractivity contribution in [3.05, 3.63) is 74.9 Å². The molecule has 0 unspecified atom stereocenters. The van der Waals surface area contributed by atoms with Crippen LogP contribution >= 0.6 is 22.6 Å². The number of benzene rings is 2. The van der Waals surface area contributed by atoms with Gasteiger partial charge in [0.1, 0.15) is 6.04 Å². The van der Waals surface area contributed by atoms with Crippen molar-refractivity contribution in [3.63, 3.8) is 0 Å². The number of nitrogens with zero attached hydrogens (tertiary/aromatic N) is 4. The number of hydrogen-bond acceptors (Lipinski definition) is 4. The quantitative estimate of drug-likeness (QED) is 0.608. The third-order valence-electron chi connectivity index (χ3n) is 4.43. The van der Waals surface area contributed by atoms with Crippen molar-refractivity contribution in [2.24, 2.45) is 0 Å². The van der Waals surface area contributed by atoms with Crippen LogP contribution in [0.3, 0.4) is 0 Å². The van der Waals surface area contributed by atoms with Crippen LogP contribution in [0.2, 0.25) is 0 Å². The fourth-order valence-electron chi connectivity index (χ4n) is 2.97. The van der Waals surface area contributed by atoms with Crippen molar-refractivity contribution in [3.8, 4) is 0 Å². The highest BCUT2D eigenvalue weighted by Gasteiger charge is 2.24. The molecule has 1 aromatic heterocycles. The van der Waals surface area contributed by atoms with Crippen LogP contribution in [0.15, 0.2) is 54.6 Å². The topological polar surface area (TPSA) is 55.6 Å². The van der Waals surface area contributed by atoms with Crippen LogP contribution in [0.25, 0.3) is 5.70 Å². The number of halogens is 1. The lowest BCUT2D eigenvalue weighted by atomic mass is 9.97. The summed E-state index contributed by atoms with van der Waals surface area (Å²) in [5.41, 5.74) is 4.65. The van der Waals surface area contributed by atoms with Gasteiger partial charge in [0.15, 0.2) is 0 Å². The second-order valence-corrected chi connectivity index (χ2v) is 7.67. The first-order chi connectivity index (χ1) is 12.1. The zero-order valence-corrected chi connectivity index (χ0v) is 16.2. The molecule has 25 heavy (non-hydrogen) atoms. The minimum Gasteiger partial charge on any atom is -0.323 e. The molecule has 5 nitrogen and oxygen atoms in total. The molecule has 0 spiro atoms. The molecule has 0 fully saturated rings. The molecule has 0 saturated heterocycles. The van der Waals surface area contributed by atoms with Gasteiger partial charge < -0.3 is 5.32 Å². The molecule has 1 N–H and O–H groups in total. The van der Waals surface area contributed by atoms with Crippen LogP contribution in [0, 0.1) is 3.57 Å². The van der Waals surface area contributed by atoms with E-state index in [-0.39, 0.29) is 6.04 Å². The molecule has 1 aliphatic rings. The van der Waals surface area contributed by atoms with Gasteiger partial charge in [-0.1, -0.05) is 55.3 Å². The molecule has 126 valence electrons. The first-order valence-corrected chi connectivity index (χ1v) is 9.32. The monoisotopic (exact) mass is 443 g/mol. The van der Waals surface area contributed by atoms with Crippen molar-refractivity contribution in [2.75, 3.05) is 5.32 Å². The number of hydrogen-bond donors (Lipinski definition) is 1. The lowest BCUT2D eigenvalue weighted by Gasteiger charge is -2.23. The summed E-state index contributed by atoms with van der Waals surface area (Å²) >= 11 is 2.31. The normalized spacial score (nSPS) is 16.3. The van der Waals surface area contributed by atoms with E-state index in [0.29, 0.717) is 11.9 Å². The van der Waals surface area contributed by atoms with Crippen LogP contribution in [-0.2, 0) is 0 Å². The maximum absolute atomic E-state index is 4.16. The highest BCUT2D eigenvalue weighted by atomic mass is 127. The van der Waals surface area contributed by atoms with Gasteiger partial charge in [0.2, 0.25) is 5.95 Å². The van der Waals surface area contributed by atoms with Gasteiger partial charge in [0.25, 0.3) is 0 Å². The predicted octanol–water partition coefficient (Wildman–Crippen LogP) is 4.46. The largest absolute Gasteiger partial charge is 0.323 e. The van der Waals surface area contributed by atoms with Gasteiger partial charge in [0.05, 0.1) is 0 Å². The van der Waals surface area contributed by atoms with Gasteiger partial charge in [-0.15, -0.1) is 0 Å². The van der Waals surface area contributed by atoms with E-state index in [4.69, 9.17) is 0 Å². The standard InChI is InChI=1S/C19H18IN5/c1-12(2)13-3-5-15(6-4-13)18-11-17(14-7-9-16(20)10-8-14)21-19-22-23-24-25(18)19/h3-12,18H,1-2H3,(H,21,22,24)/t18-/m0/s1. The molecular formula is C19H18IN5. The van der Waals surface area contributed by atoms with Crippen molar-refractivity contribution < 1.29 is 0 Å². The Morgan fingerprint density at radius 1 is 1.04 bits per heavy atom. The number of allylic oxidation sites excluding steroid dienone is 1. The van der Waals surface area contributed by atoms with Crippen LogP contribution < -0.4 is 5.32 Å². The summed E-state index contributed by atoms with van der Waals surface area (Å²) in [4.78, 5) is 0. The first-order valence-electron chi connectivity index (χ1n) is 8.24. The first kappa shape index (κ1) is 16.3. The Kier molecular flexibility index (Phi) is 4.29. The molecule has 2 aromatic carbocycles. The van der Waals surface area contributed by atoms with Crippen LogP contribution in [0.5, 0.6) is 0 Å². The number of fused-ring (bicyclic) bond motifs is 1. The van der Waals surface area contributed by atoms with E-state index >= 15 is 0 Å². The second kappa shape index (κ2) is 6.59. The molecule has 0 radical (unpaired) electrons. The van der Waals surface area contributed by atoms with Crippen molar-refractivity contribution in [1.29, 1.82) is 0 Å². The number of anilines is 1. The number of aromatic nitrogens is 4. The van der Waals surface area contributed by atoms with Gasteiger partial charge in [-0.05, 0) is 73.8 Å². The molecule has 2 heterocycles. The zero-order valence-electron chi connectivity index (χ0n) is 14.0. The molecule has 1 atom stereocenters. The SMILES string of the molecule is CC(C)c1ccc([C@@H]2C=C(c3ccc(I)cc3)Nc3nnnn32)cc1. The molecule has 6 heteroatoms. The van der Waals surface area contributed by atoms with E-state index in [1.54, 1.807) is 0 Å². The lowest BCUT2D eigenvalue weighted by molar-refractivity contribution is 0.585. The van der Waals surface area contributed by atoms with Crippen LogP contribution in [0.1, 0.15) is 42.5 Å². The summed E-state index contributed by atoms with van der Waals surface area (Å²) in [5, 5.41) is 15.4. The van der Waals surface area contributed by atoms with Crippen molar-refractivity contribution in [1.82, 2.24) is 20.2 Å². The van der Waals surface area contributed by atoms with E-state index in [0.717, 1.165) is 11.3 Å².